The minimum atomic E-state index is 0.200. The maximum Gasteiger partial charge on any atom is 0.219 e. The van der Waals surface area contributed by atoms with E-state index in [-0.39, 0.29) is 6.10 Å². The predicted octanol–water partition coefficient (Wildman–Crippen LogP) is 2.07. The average Bonchev–Trinajstić information content (AvgIpc) is 2.28. The van der Waals surface area contributed by atoms with E-state index in [1.165, 1.54) is 12.7 Å². The molecule has 0 fully saturated rings. The van der Waals surface area contributed by atoms with Crippen LogP contribution in [0.25, 0.3) is 0 Å². The van der Waals surface area contributed by atoms with Gasteiger partial charge in [-0.3, -0.25) is 0 Å². The summed E-state index contributed by atoms with van der Waals surface area (Å²) in [6, 6.07) is 0. The van der Waals surface area contributed by atoms with Crippen molar-refractivity contribution in [1.29, 1.82) is 0 Å². The maximum atomic E-state index is 5.74. The van der Waals surface area contributed by atoms with E-state index in [1.807, 2.05) is 6.92 Å². The van der Waals surface area contributed by atoms with Crippen molar-refractivity contribution in [1.82, 2.24) is 9.97 Å². The molecule has 1 rings (SSSR count). The number of unbranched alkanes of at least 4 members (excludes halogenated alkanes) is 2. The van der Waals surface area contributed by atoms with Gasteiger partial charge in [0.2, 0.25) is 5.88 Å². The van der Waals surface area contributed by atoms with Gasteiger partial charge in [0.05, 0.1) is 6.10 Å². The molecule has 0 saturated carbocycles. The van der Waals surface area contributed by atoms with Gasteiger partial charge >= 0.3 is 0 Å². The topological polar surface area (TPSA) is 61.0 Å². The van der Waals surface area contributed by atoms with Crippen LogP contribution in [-0.2, 0) is 0 Å². The number of rotatable bonds is 7. The molecule has 0 aromatic carbocycles. The predicted molar refractivity (Wildman–Crippen MR) is 64.4 cm³/mol. The SMILES string of the molecule is Cc1cncnc1OC(C)CCCCCN. The van der Waals surface area contributed by atoms with Crippen LogP contribution in [0.1, 0.15) is 38.2 Å². The Bertz CT molecular complexity index is 304. The molecule has 0 amide bonds. The van der Waals surface area contributed by atoms with Crippen molar-refractivity contribution in [2.24, 2.45) is 5.73 Å². The highest BCUT2D eigenvalue weighted by Gasteiger charge is 2.06. The molecule has 0 aliphatic carbocycles. The molecule has 0 spiro atoms. The fourth-order valence-corrected chi connectivity index (χ4v) is 1.51. The summed E-state index contributed by atoms with van der Waals surface area (Å²) in [6.45, 7) is 4.81. The first-order valence-electron chi connectivity index (χ1n) is 5.87. The molecule has 1 unspecified atom stereocenters. The van der Waals surface area contributed by atoms with Crippen LogP contribution in [0.5, 0.6) is 5.88 Å². The second-order valence-corrected chi connectivity index (χ2v) is 4.08. The summed E-state index contributed by atoms with van der Waals surface area (Å²) in [6.07, 6.45) is 7.96. The van der Waals surface area contributed by atoms with Crippen molar-refractivity contribution in [2.45, 2.75) is 45.6 Å². The summed E-state index contributed by atoms with van der Waals surface area (Å²) >= 11 is 0. The van der Waals surface area contributed by atoms with Gasteiger partial charge in [-0.1, -0.05) is 6.42 Å². The molecule has 0 bridgehead atoms. The van der Waals surface area contributed by atoms with E-state index < -0.39 is 0 Å². The van der Waals surface area contributed by atoms with E-state index in [0.29, 0.717) is 5.88 Å². The Morgan fingerprint density at radius 2 is 2.19 bits per heavy atom. The first-order valence-corrected chi connectivity index (χ1v) is 5.87. The Labute approximate surface area is 97.2 Å². The molecule has 1 atom stereocenters. The highest BCUT2D eigenvalue weighted by atomic mass is 16.5. The van der Waals surface area contributed by atoms with Crippen molar-refractivity contribution in [2.75, 3.05) is 6.54 Å². The van der Waals surface area contributed by atoms with Gasteiger partial charge in [0.1, 0.15) is 6.33 Å². The quantitative estimate of drug-likeness (QED) is 0.719. The molecule has 16 heavy (non-hydrogen) atoms. The molecule has 4 nitrogen and oxygen atoms in total. The molecule has 0 aliphatic rings. The van der Waals surface area contributed by atoms with E-state index in [1.54, 1.807) is 6.20 Å². The highest BCUT2D eigenvalue weighted by molar-refractivity contribution is 5.19. The Kier molecular flexibility index (Phi) is 5.78. The van der Waals surface area contributed by atoms with Gasteiger partial charge in [0, 0.05) is 11.8 Å². The van der Waals surface area contributed by atoms with Crippen molar-refractivity contribution < 1.29 is 4.74 Å². The van der Waals surface area contributed by atoms with Crippen LogP contribution >= 0.6 is 0 Å². The van der Waals surface area contributed by atoms with Gasteiger partial charge in [-0.15, -0.1) is 0 Å². The Balaban J connectivity index is 2.28. The van der Waals surface area contributed by atoms with Crippen LogP contribution in [-0.4, -0.2) is 22.6 Å². The lowest BCUT2D eigenvalue weighted by Crippen LogP contribution is -2.13. The first kappa shape index (κ1) is 12.9. The van der Waals surface area contributed by atoms with Gasteiger partial charge in [0.25, 0.3) is 0 Å². The number of nitrogens with two attached hydrogens (primary N) is 1. The van der Waals surface area contributed by atoms with Crippen molar-refractivity contribution in [3.8, 4) is 5.88 Å². The van der Waals surface area contributed by atoms with E-state index in [2.05, 4.69) is 16.9 Å². The summed E-state index contributed by atoms with van der Waals surface area (Å²) in [5, 5.41) is 0. The normalized spacial score (nSPS) is 12.4. The molecule has 1 aromatic heterocycles. The van der Waals surface area contributed by atoms with E-state index in [0.717, 1.165) is 31.4 Å². The lowest BCUT2D eigenvalue weighted by atomic mass is 10.1. The van der Waals surface area contributed by atoms with Gasteiger partial charge in [0.15, 0.2) is 0 Å². The van der Waals surface area contributed by atoms with Gasteiger partial charge in [-0.25, -0.2) is 9.97 Å². The van der Waals surface area contributed by atoms with Crippen LogP contribution in [0.4, 0.5) is 0 Å². The molecule has 0 saturated heterocycles. The standard InChI is InChI=1S/C12H21N3O/c1-10-8-14-9-15-12(10)16-11(2)6-4-3-5-7-13/h8-9,11H,3-7,13H2,1-2H3. The third kappa shape index (κ3) is 4.57. The summed E-state index contributed by atoms with van der Waals surface area (Å²) < 4.78 is 5.74. The van der Waals surface area contributed by atoms with Crippen molar-refractivity contribution in [3.05, 3.63) is 18.1 Å². The minimum Gasteiger partial charge on any atom is -0.474 e. The first-order chi connectivity index (χ1) is 7.74. The fourth-order valence-electron chi connectivity index (χ4n) is 1.51. The average molecular weight is 223 g/mol. The van der Waals surface area contributed by atoms with E-state index in [4.69, 9.17) is 10.5 Å². The number of aromatic nitrogens is 2. The third-order valence-electron chi connectivity index (χ3n) is 2.47. The minimum absolute atomic E-state index is 0.200. The van der Waals surface area contributed by atoms with Crippen LogP contribution in [0.15, 0.2) is 12.5 Å². The molecular weight excluding hydrogens is 202 g/mol. The van der Waals surface area contributed by atoms with Crippen LogP contribution in [0, 0.1) is 6.92 Å². The number of ether oxygens (including phenoxy) is 1. The highest BCUT2D eigenvalue weighted by Crippen LogP contribution is 2.15. The summed E-state index contributed by atoms with van der Waals surface area (Å²) in [5.41, 5.74) is 6.42. The second-order valence-electron chi connectivity index (χ2n) is 4.08. The van der Waals surface area contributed by atoms with Gasteiger partial charge in [-0.2, -0.15) is 0 Å². The van der Waals surface area contributed by atoms with Crippen molar-refractivity contribution in [3.63, 3.8) is 0 Å². The summed E-state index contributed by atoms with van der Waals surface area (Å²) in [5.74, 6) is 0.696. The maximum absolute atomic E-state index is 5.74. The summed E-state index contributed by atoms with van der Waals surface area (Å²) in [4.78, 5) is 8.04. The smallest absolute Gasteiger partial charge is 0.219 e. The second kappa shape index (κ2) is 7.17. The number of hydrogen-bond acceptors (Lipinski definition) is 4. The summed E-state index contributed by atoms with van der Waals surface area (Å²) in [7, 11) is 0. The molecule has 2 N–H and O–H groups in total. The molecule has 0 radical (unpaired) electrons. The van der Waals surface area contributed by atoms with E-state index in [9.17, 15) is 0 Å². The molecular formula is C12H21N3O. The monoisotopic (exact) mass is 223 g/mol. The van der Waals surface area contributed by atoms with Gasteiger partial charge in [-0.05, 0) is 39.7 Å². The van der Waals surface area contributed by atoms with Crippen LogP contribution in [0.2, 0.25) is 0 Å². The molecule has 4 heteroatoms. The lowest BCUT2D eigenvalue weighted by Gasteiger charge is -2.14. The zero-order chi connectivity index (χ0) is 11.8. The largest absolute Gasteiger partial charge is 0.474 e. The zero-order valence-corrected chi connectivity index (χ0v) is 10.1. The number of aryl methyl sites for hydroxylation is 1. The zero-order valence-electron chi connectivity index (χ0n) is 10.1. The number of nitrogens with zero attached hydrogens (tertiary/aromatic N) is 2. The third-order valence-corrected chi connectivity index (χ3v) is 2.47. The lowest BCUT2D eigenvalue weighted by molar-refractivity contribution is 0.196. The molecule has 0 aliphatic heterocycles. The fraction of sp³-hybridized carbons (Fsp3) is 0.667. The Hall–Kier alpha value is -1.16. The Morgan fingerprint density at radius 1 is 1.38 bits per heavy atom. The molecule has 1 aromatic rings. The van der Waals surface area contributed by atoms with Gasteiger partial charge < -0.3 is 10.5 Å². The number of hydrogen-bond donors (Lipinski definition) is 1. The van der Waals surface area contributed by atoms with E-state index >= 15 is 0 Å². The molecule has 90 valence electrons. The van der Waals surface area contributed by atoms with Crippen LogP contribution < -0.4 is 10.5 Å². The molecule has 1 heterocycles. The van der Waals surface area contributed by atoms with Crippen molar-refractivity contribution >= 4 is 0 Å². The van der Waals surface area contributed by atoms with Crippen LogP contribution in [0.3, 0.4) is 0 Å². The Morgan fingerprint density at radius 3 is 2.88 bits per heavy atom.